The number of hydrogen-bond acceptors (Lipinski definition) is 5. The van der Waals surface area contributed by atoms with Crippen LogP contribution in [0, 0.1) is 12.7 Å². The zero-order valence-electron chi connectivity index (χ0n) is 11.1. The first kappa shape index (κ1) is 14.0. The number of aryl methyl sites for hydroxylation is 1. The summed E-state index contributed by atoms with van der Waals surface area (Å²) in [5.74, 6) is 0.380. The minimum atomic E-state index is -0.384. The van der Waals surface area contributed by atoms with E-state index in [2.05, 4.69) is 10.1 Å². The van der Waals surface area contributed by atoms with E-state index in [-0.39, 0.29) is 12.2 Å². The molecule has 2 heterocycles. The number of hydrogen-bond donors (Lipinski definition) is 1. The van der Waals surface area contributed by atoms with Gasteiger partial charge in [-0.25, -0.2) is 4.39 Å². The Balaban J connectivity index is 1.91. The van der Waals surface area contributed by atoms with E-state index in [9.17, 15) is 4.39 Å². The topological polar surface area (TPSA) is 64.9 Å². The molecule has 4 nitrogen and oxygen atoms in total. The molecule has 7 heteroatoms. The molecule has 0 unspecified atom stereocenters. The normalized spacial score (nSPS) is 11.0. The van der Waals surface area contributed by atoms with Gasteiger partial charge >= 0.3 is 0 Å². The monoisotopic (exact) mass is 323 g/mol. The zero-order valence-corrected chi connectivity index (χ0v) is 12.6. The predicted molar refractivity (Wildman–Crippen MR) is 81.0 cm³/mol. The summed E-state index contributed by atoms with van der Waals surface area (Å²) in [4.78, 5) is 5.11. The van der Waals surface area contributed by atoms with E-state index in [4.69, 9.17) is 21.9 Å². The minimum absolute atomic E-state index is 0.176. The van der Waals surface area contributed by atoms with Crippen LogP contribution < -0.4 is 5.73 Å². The Kier molecular flexibility index (Phi) is 3.65. The highest BCUT2D eigenvalue weighted by Crippen LogP contribution is 2.33. The first-order valence-electron chi connectivity index (χ1n) is 6.16. The second-order valence-corrected chi connectivity index (χ2v) is 6.04. The van der Waals surface area contributed by atoms with Crippen LogP contribution in [0.1, 0.15) is 17.0 Å². The predicted octanol–water partition coefficient (Wildman–Crippen LogP) is 4.07. The number of halogens is 2. The van der Waals surface area contributed by atoms with Gasteiger partial charge in [-0.05, 0) is 30.7 Å². The number of nitrogens with zero attached hydrogens (tertiary/aromatic N) is 2. The maximum atomic E-state index is 13.7. The van der Waals surface area contributed by atoms with E-state index >= 15 is 0 Å². The fourth-order valence-electron chi connectivity index (χ4n) is 2.00. The van der Waals surface area contributed by atoms with Crippen LogP contribution in [0.4, 0.5) is 9.39 Å². The molecule has 3 aromatic rings. The second-order valence-electron chi connectivity index (χ2n) is 4.55. The molecule has 3 rings (SSSR count). The van der Waals surface area contributed by atoms with Crippen LogP contribution in [-0.2, 0) is 6.42 Å². The van der Waals surface area contributed by atoms with Crippen molar-refractivity contribution in [3.8, 4) is 10.8 Å². The van der Waals surface area contributed by atoms with Gasteiger partial charge in [0.1, 0.15) is 5.82 Å². The first-order valence-corrected chi connectivity index (χ1v) is 7.36. The Morgan fingerprint density at radius 3 is 2.90 bits per heavy atom. The van der Waals surface area contributed by atoms with Crippen molar-refractivity contribution in [1.82, 2.24) is 10.1 Å². The molecule has 0 aliphatic heterocycles. The van der Waals surface area contributed by atoms with Crippen molar-refractivity contribution in [1.29, 1.82) is 0 Å². The van der Waals surface area contributed by atoms with Crippen molar-refractivity contribution in [2.45, 2.75) is 13.3 Å². The number of anilines is 1. The summed E-state index contributed by atoms with van der Waals surface area (Å²) in [6.07, 6.45) is 0.176. The molecule has 1 aromatic carbocycles. The van der Waals surface area contributed by atoms with Gasteiger partial charge in [0.25, 0.3) is 5.89 Å². The summed E-state index contributed by atoms with van der Waals surface area (Å²) < 4.78 is 19.0. The fraction of sp³-hybridized carbons (Fsp3) is 0.143. The molecule has 0 atom stereocenters. The standard InChI is InChI=1S/C14H11ClFN3OS/c1-7-5-11(17)21-13(7)14-18-12(19-20-14)6-8-9(15)3-2-4-10(8)16/h2-5H,6,17H2,1H3. The molecule has 0 saturated heterocycles. The molecule has 2 aromatic heterocycles. The van der Waals surface area contributed by atoms with Crippen LogP contribution in [0.2, 0.25) is 5.02 Å². The summed E-state index contributed by atoms with van der Waals surface area (Å²) in [6, 6.07) is 6.38. The molecular weight excluding hydrogens is 313 g/mol. The lowest BCUT2D eigenvalue weighted by molar-refractivity contribution is 0.424. The molecule has 0 amide bonds. The molecule has 0 bridgehead atoms. The van der Waals surface area contributed by atoms with E-state index in [0.717, 1.165) is 10.4 Å². The van der Waals surface area contributed by atoms with E-state index in [1.807, 2.05) is 13.0 Å². The van der Waals surface area contributed by atoms with Crippen molar-refractivity contribution in [2.75, 3.05) is 5.73 Å². The quantitative estimate of drug-likeness (QED) is 0.789. The highest BCUT2D eigenvalue weighted by atomic mass is 35.5. The maximum Gasteiger partial charge on any atom is 0.268 e. The molecule has 0 radical (unpaired) electrons. The van der Waals surface area contributed by atoms with Gasteiger partial charge in [0.05, 0.1) is 9.88 Å². The van der Waals surface area contributed by atoms with Gasteiger partial charge in [-0.15, -0.1) is 11.3 Å². The minimum Gasteiger partial charge on any atom is -0.391 e. The summed E-state index contributed by atoms with van der Waals surface area (Å²) >= 11 is 7.37. The van der Waals surface area contributed by atoms with Crippen LogP contribution >= 0.6 is 22.9 Å². The molecule has 2 N–H and O–H groups in total. The molecule has 0 aliphatic carbocycles. The van der Waals surface area contributed by atoms with Crippen LogP contribution in [-0.4, -0.2) is 10.1 Å². The van der Waals surface area contributed by atoms with E-state index in [1.54, 1.807) is 12.1 Å². The van der Waals surface area contributed by atoms with E-state index in [1.165, 1.54) is 17.4 Å². The highest BCUT2D eigenvalue weighted by molar-refractivity contribution is 7.19. The Hall–Kier alpha value is -1.92. The first-order chi connectivity index (χ1) is 10.0. The van der Waals surface area contributed by atoms with Crippen LogP contribution in [0.25, 0.3) is 10.8 Å². The van der Waals surface area contributed by atoms with Crippen molar-refractivity contribution < 1.29 is 8.91 Å². The molecular formula is C14H11ClFN3OS. The van der Waals surface area contributed by atoms with E-state index in [0.29, 0.717) is 27.3 Å². The van der Waals surface area contributed by atoms with Crippen molar-refractivity contribution in [3.05, 3.63) is 52.1 Å². The van der Waals surface area contributed by atoms with Gasteiger partial charge in [0.2, 0.25) is 0 Å². The maximum absolute atomic E-state index is 13.7. The molecule has 0 fully saturated rings. The van der Waals surface area contributed by atoms with Crippen molar-refractivity contribution in [2.24, 2.45) is 0 Å². The average Bonchev–Trinajstić information content (AvgIpc) is 3.00. The number of benzene rings is 1. The third-order valence-corrected chi connectivity index (χ3v) is 4.40. The van der Waals surface area contributed by atoms with Crippen LogP contribution in [0.3, 0.4) is 0 Å². The van der Waals surface area contributed by atoms with Crippen molar-refractivity contribution >= 4 is 27.9 Å². The van der Waals surface area contributed by atoms with Crippen LogP contribution in [0.5, 0.6) is 0 Å². The highest BCUT2D eigenvalue weighted by Gasteiger charge is 2.16. The Morgan fingerprint density at radius 2 is 2.24 bits per heavy atom. The summed E-state index contributed by atoms with van der Waals surface area (Å²) in [6.45, 7) is 1.92. The van der Waals surface area contributed by atoms with Gasteiger partial charge in [-0.1, -0.05) is 22.8 Å². The van der Waals surface area contributed by atoms with Gasteiger partial charge in [-0.2, -0.15) is 4.98 Å². The Labute approximate surface area is 129 Å². The number of rotatable bonds is 3. The molecule has 0 aliphatic rings. The zero-order chi connectivity index (χ0) is 15.0. The Morgan fingerprint density at radius 1 is 1.43 bits per heavy atom. The number of thiophene rings is 1. The van der Waals surface area contributed by atoms with Gasteiger partial charge < -0.3 is 10.3 Å². The smallest absolute Gasteiger partial charge is 0.268 e. The molecule has 108 valence electrons. The third kappa shape index (κ3) is 2.77. The summed E-state index contributed by atoms with van der Waals surface area (Å²) in [5.41, 5.74) is 7.07. The average molecular weight is 324 g/mol. The molecule has 21 heavy (non-hydrogen) atoms. The lowest BCUT2D eigenvalue weighted by atomic mass is 10.1. The molecule has 0 spiro atoms. The van der Waals surface area contributed by atoms with Crippen molar-refractivity contribution in [3.63, 3.8) is 0 Å². The number of aromatic nitrogens is 2. The second kappa shape index (κ2) is 5.46. The van der Waals surface area contributed by atoms with Crippen LogP contribution in [0.15, 0.2) is 28.8 Å². The third-order valence-electron chi connectivity index (χ3n) is 3.00. The van der Waals surface area contributed by atoms with Gasteiger partial charge in [0, 0.05) is 17.0 Å². The SMILES string of the molecule is Cc1cc(N)sc1-c1nc(Cc2c(F)cccc2Cl)no1. The number of nitrogens with two attached hydrogens (primary N) is 1. The fourth-order valence-corrected chi connectivity index (χ4v) is 3.09. The molecule has 0 saturated carbocycles. The number of nitrogen functional groups attached to an aromatic ring is 1. The largest absolute Gasteiger partial charge is 0.391 e. The lowest BCUT2D eigenvalue weighted by Gasteiger charge is -2.01. The van der Waals surface area contributed by atoms with E-state index < -0.39 is 0 Å². The van der Waals surface area contributed by atoms with Gasteiger partial charge in [0.15, 0.2) is 5.82 Å². The summed E-state index contributed by atoms with van der Waals surface area (Å²) in [5, 5.41) is 4.90. The lowest BCUT2D eigenvalue weighted by Crippen LogP contribution is -1.95. The van der Waals surface area contributed by atoms with Gasteiger partial charge in [-0.3, -0.25) is 0 Å². The Bertz CT molecular complexity index is 779. The summed E-state index contributed by atoms with van der Waals surface area (Å²) in [7, 11) is 0.